The molecule has 0 radical (unpaired) electrons. The first kappa shape index (κ1) is 13.3. The minimum atomic E-state index is 0.237. The van der Waals surface area contributed by atoms with Crippen LogP contribution in [-0.2, 0) is 0 Å². The number of aliphatic hydroxyl groups is 1. The molecule has 0 aliphatic carbocycles. The van der Waals surface area contributed by atoms with Gasteiger partial charge in [-0.2, -0.15) is 0 Å². The van der Waals surface area contributed by atoms with E-state index in [1.165, 1.54) is 5.69 Å². The van der Waals surface area contributed by atoms with Gasteiger partial charge in [0.15, 0.2) is 0 Å². The highest BCUT2D eigenvalue weighted by atomic mass is 16.3. The Labute approximate surface area is 109 Å². The van der Waals surface area contributed by atoms with Gasteiger partial charge in [0.25, 0.3) is 0 Å². The van der Waals surface area contributed by atoms with Gasteiger partial charge in [-0.25, -0.2) is 0 Å². The second-order valence-electron chi connectivity index (χ2n) is 4.92. The predicted octanol–water partition coefficient (Wildman–Crippen LogP) is 1.41. The Hall–Kier alpha value is -1.13. The Bertz CT molecular complexity index is 332. The lowest BCUT2D eigenvalue weighted by atomic mass is 10.0. The van der Waals surface area contributed by atoms with Crippen LogP contribution in [0.25, 0.3) is 0 Å². The van der Waals surface area contributed by atoms with Gasteiger partial charge in [-0.3, -0.25) is 4.98 Å². The zero-order chi connectivity index (χ0) is 12.8. The average Bonchev–Trinajstić information content (AvgIpc) is 2.46. The molecular formula is C14H23N3O. The average molecular weight is 249 g/mol. The first-order valence-electron chi connectivity index (χ1n) is 6.85. The fraction of sp³-hybridized carbons (Fsp3) is 0.643. The molecule has 1 aromatic heterocycles. The molecule has 2 rings (SSSR count). The van der Waals surface area contributed by atoms with Crippen molar-refractivity contribution in [2.45, 2.75) is 38.3 Å². The van der Waals surface area contributed by atoms with Crippen LogP contribution in [0.3, 0.4) is 0 Å². The first-order chi connectivity index (χ1) is 8.83. The van der Waals surface area contributed by atoms with E-state index >= 15 is 0 Å². The third kappa shape index (κ3) is 3.43. The highest BCUT2D eigenvalue weighted by molar-refractivity contribution is 5.44. The minimum absolute atomic E-state index is 0.237. The Morgan fingerprint density at radius 3 is 2.61 bits per heavy atom. The zero-order valence-electron chi connectivity index (χ0n) is 11.0. The van der Waals surface area contributed by atoms with Crippen LogP contribution in [0, 0.1) is 0 Å². The molecule has 1 aromatic rings. The SMILES string of the molecule is CC[C@H](CO)NC1CCN(c2ccncc2)CC1. The van der Waals surface area contributed by atoms with Gasteiger partial charge < -0.3 is 15.3 Å². The third-order valence-corrected chi connectivity index (χ3v) is 3.71. The van der Waals surface area contributed by atoms with Crippen LogP contribution in [0.2, 0.25) is 0 Å². The lowest BCUT2D eigenvalue weighted by Crippen LogP contribution is -2.47. The maximum atomic E-state index is 9.21. The van der Waals surface area contributed by atoms with Crippen LogP contribution in [0.15, 0.2) is 24.5 Å². The van der Waals surface area contributed by atoms with Crippen LogP contribution in [0.5, 0.6) is 0 Å². The molecule has 100 valence electrons. The molecule has 1 atom stereocenters. The number of hydrogen-bond acceptors (Lipinski definition) is 4. The standard InChI is InChI=1S/C14H23N3O/c1-2-12(11-18)16-13-5-9-17(10-6-13)14-3-7-15-8-4-14/h3-4,7-8,12-13,16,18H,2,5-6,9-11H2,1H3/t12-/m1/s1. The summed E-state index contributed by atoms with van der Waals surface area (Å²) in [7, 11) is 0. The summed E-state index contributed by atoms with van der Waals surface area (Å²) in [5.74, 6) is 0. The van der Waals surface area contributed by atoms with Crippen molar-refractivity contribution in [3.63, 3.8) is 0 Å². The molecular weight excluding hydrogens is 226 g/mol. The van der Waals surface area contributed by atoms with E-state index in [-0.39, 0.29) is 12.6 Å². The van der Waals surface area contributed by atoms with E-state index in [1.807, 2.05) is 12.4 Å². The highest BCUT2D eigenvalue weighted by Gasteiger charge is 2.20. The van der Waals surface area contributed by atoms with E-state index in [9.17, 15) is 5.11 Å². The quantitative estimate of drug-likeness (QED) is 0.828. The summed E-state index contributed by atoms with van der Waals surface area (Å²) in [4.78, 5) is 6.45. The van der Waals surface area contributed by atoms with Gasteiger partial charge in [-0.05, 0) is 31.4 Å². The molecule has 0 unspecified atom stereocenters. The number of hydrogen-bond donors (Lipinski definition) is 2. The summed E-state index contributed by atoms with van der Waals surface area (Å²) in [5, 5.41) is 12.7. The molecule has 18 heavy (non-hydrogen) atoms. The van der Waals surface area contributed by atoms with Gasteiger partial charge in [0.05, 0.1) is 6.61 Å². The van der Waals surface area contributed by atoms with Gasteiger partial charge in [0, 0.05) is 43.3 Å². The second kappa shape index (κ2) is 6.71. The second-order valence-corrected chi connectivity index (χ2v) is 4.92. The van der Waals surface area contributed by atoms with E-state index in [4.69, 9.17) is 0 Å². The molecule has 4 heteroatoms. The summed E-state index contributed by atoms with van der Waals surface area (Å²) < 4.78 is 0. The Balaban J connectivity index is 1.81. The number of aromatic nitrogens is 1. The van der Waals surface area contributed by atoms with Crippen molar-refractivity contribution in [1.82, 2.24) is 10.3 Å². The maximum absolute atomic E-state index is 9.21. The number of nitrogens with zero attached hydrogens (tertiary/aromatic N) is 2. The number of aliphatic hydroxyl groups excluding tert-OH is 1. The molecule has 2 heterocycles. The van der Waals surface area contributed by atoms with E-state index in [2.05, 4.69) is 34.3 Å². The molecule has 0 bridgehead atoms. The van der Waals surface area contributed by atoms with Crippen molar-refractivity contribution < 1.29 is 5.11 Å². The van der Waals surface area contributed by atoms with Crippen LogP contribution in [0.1, 0.15) is 26.2 Å². The van der Waals surface area contributed by atoms with Crippen LogP contribution in [-0.4, -0.2) is 41.9 Å². The fourth-order valence-electron chi connectivity index (χ4n) is 2.49. The third-order valence-electron chi connectivity index (χ3n) is 3.71. The van der Waals surface area contributed by atoms with Gasteiger partial charge in [0.1, 0.15) is 0 Å². The topological polar surface area (TPSA) is 48.4 Å². The minimum Gasteiger partial charge on any atom is -0.395 e. The van der Waals surface area contributed by atoms with E-state index in [1.54, 1.807) is 0 Å². The largest absolute Gasteiger partial charge is 0.395 e. The van der Waals surface area contributed by atoms with Crippen molar-refractivity contribution in [1.29, 1.82) is 0 Å². The Morgan fingerprint density at radius 2 is 2.06 bits per heavy atom. The summed E-state index contributed by atoms with van der Waals surface area (Å²) in [6.45, 7) is 4.49. The molecule has 1 saturated heterocycles. The van der Waals surface area contributed by atoms with Gasteiger partial charge in [0.2, 0.25) is 0 Å². The predicted molar refractivity (Wildman–Crippen MR) is 73.8 cm³/mol. The highest BCUT2D eigenvalue weighted by Crippen LogP contribution is 2.19. The molecule has 1 fully saturated rings. The summed E-state index contributed by atoms with van der Waals surface area (Å²) >= 11 is 0. The molecule has 1 aliphatic rings. The molecule has 0 aromatic carbocycles. The molecule has 0 spiro atoms. The Kier molecular flexibility index (Phi) is 4.96. The van der Waals surface area contributed by atoms with Crippen molar-refractivity contribution in [3.8, 4) is 0 Å². The van der Waals surface area contributed by atoms with Crippen molar-refractivity contribution in [2.24, 2.45) is 0 Å². The molecule has 2 N–H and O–H groups in total. The van der Waals surface area contributed by atoms with Gasteiger partial charge >= 0.3 is 0 Å². The van der Waals surface area contributed by atoms with Crippen molar-refractivity contribution in [2.75, 3.05) is 24.6 Å². The number of piperidine rings is 1. The lowest BCUT2D eigenvalue weighted by Gasteiger charge is -2.35. The molecule has 4 nitrogen and oxygen atoms in total. The number of pyridine rings is 1. The summed E-state index contributed by atoms with van der Waals surface area (Å²) in [6, 6.07) is 4.93. The van der Waals surface area contributed by atoms with Crippen molar-refractivity contribution >= 4 is 5.69 Å². The molecule has 0 saturated carbocycles. The van der Waals surface area contributed by atoms with Crippen LogP contribution < -0.4 is 10.2 Å². The number of nitrogens with one attached hydrogen (secondary N) is 1. The van der Waals surface area contributed by atoms with Crippen LogP contribution in [0.4, 0.5) is 5.69 Å². The van der Waals surface area contributed by atoms with E-state index in [0.29, 0.717) is 6.04 Å². The summed E-state index contributed by atoms with van der Waals surface area (Å²) in [6.07, 6.45) is 6.95. The van der Waals surface area contributed by atoms with Crippen LogP contribution >= 0.6 is 0 Å². The molecule has 1 aliphatic heterocycles. The molecule has 0 amide bonds. The van der Waals surface area contributed by atoms with E-state index < -0.39 is 0 Å². The lowest BCUT2D eigenvalue weighted by molar-refractivity contribution is 0.220. The summed E-state index contributed by atoms with van der Waals surface area (Å²) in [5.41, 5.74) is 1.26. The van der Waals surface area contributed by atoms with E-state index in [0.717, 1.165) is 32.4 Å². The number of anilines is 1. The maximum Gasteiger partial charge on any atom is 0.0584 e. The normalized spacial score (nSPS) is 18.9. The zero-order valence-corrected chi connectivity index (χ0v) is 11.0. The van der Waals surface area contributed by atoms with Gasteiger partial charge in [-0.1, -0.05) is 6.92 Å². The smallest absolute Gasteiger partial charge is 0.0584 e. The fourth-order valence-corrected chi connectivity index (χ4v) is 2.49. The van der Waals surface area contributed by atoms with Crippen molar-refractivity contribution in [3.05, 3.63) is 24.5 Å². The monoisotopic (exact) mass is 249 g/mol. The van der Waals surface area contributed by atoms with Gasteiger partial charge in [-0.15, -0.1) is 0 Å². The number of rotatable bonds is 5. The Morgan fingerprint density at radius 1 is 1.39 bits per heavy atom. The first-order valence-corrected chi connectivity index (χ1v) is 6.85.